The van der Waals surface area contributed by atoms with E-state index in [4.69, 9.17) is 0 Å². The summed E-state index contributed by atoms with van der Waals surface area (Å²) < 4.78 is 13.5. The van der Waals surface area contributed by atoms with Crippen molar-refractivity contribution in [3.63, 3.8) is 0 Å². The van der Waals surface area contributed by atoms with Gasteiger partial charge in [-0.25, -0.2) is 4.39 Å². The predicted octanol–water partition coefficient (Wildman–Crippen LogP) is 2.61. The number of halogens is 1. The van der Waals surface area contributed by atoms with Crippen LogP contribution in [0.2, 0.25) is 0 Å². The van der Waals surface area contributed by atoms with Crippen LogP contribution >= 0.6 is 0 Å². The SMILES string of the molecule is CC(C)CNC(=O)c1ccc(NCc2ccccc2F)nn1. The van der Waals surface area contributed by atoms with E-state index in [0.29, 0.717) is 30.4 Å². The molecule has 1 heterocycles. The third-order valence-electron chi connectivity index (χ3n) is 2.99. The lowest BCUT2D eigenvalue weighted by Gasteiger charge is -2.08. The van der Waals surface area contributed by atoms with Crippen molar-refractivity contribution in [1.29, 1.82) is 0 Å². The zero-order valence-electron chi connectivity index (χ0n) is 12.6. The van der Waals surface area contributed by atoms with Gasteiger partial charge in [0.15, 0.2) is 5.69 Å². The Balaban J connectivity index is 1.92. The molecule has 2 aromatic rings. The van der Waals surface area contributed by atoms with E-state index in [9.17, 15) is 9.18 Å². The molecular formula is C16H19FN4O. The second-order valence-electron chi connectivity index (χ2n) is 5.35. The maximum absolute atomic E-state index is 13.5. The first kappa shape index (κ1) is 15.9. The molecule has 0 fully saturated rings. The van der Waals surface area contributed by atoms with Crippen LogP contribution in [-0.2, 0) is 6.54 Å². The Hall–Kier alpha value is -2.50. The summed E-state index contributed by atoms with van der Waals surface area (Å²) in [5, 5.41) is 13.5. The first-order valence-electron chi connectivity index (χ1n) is 7.15. The summed E-state index contributed by atoms with van der Waals surface area (Å²) in [6, 6.07) is 9.76. The minimum atomic E-state index is -0.271. The molecule has 0 spiro atoms. The summed E-state index contributed by atoms with van der Waals surface area (Å²) in [6.07, 6.45) is 0. The van der Waals surface area contributed by atoms with Gasteiger partial charge in [-0.15, -0.1) is 10.2 Å². The average molecular weight is 302 g/mol. The predicted molar refractivity (Wildman–Crippen MR) is 82.9 cm³/mol. The largest absolute Gasteiger partial charge is 0.364 e. The van der Waals surface area contributed by atoms with E-state index < -0.39 is 0 Å². The molecule has 1 aromatic heterocycles. The van der Waals surface area contributed by atoms with Gasteiger partial charge in [-0.05, 0) is 24.1 Å². The number of carbonyl (C=O) groups excluding carboxylic acids is 1. The van der Waals surface area contributed by atoms with Crippen molar-refractivity contribution in [1.82, 2.24) is 15.5 Å². The molecule has 0 aliphatic rings. The quantitative estimate of drug-likeness (QED) is 0.861. The molecule has 22 heavy (non-hydrogen) atoms. The maximum Gasteiger partial charge on any atom is 0.271 e. The number of amides is 1. The maximum atomic E-state index is 13.5. The van der Waals surface area contributed by atoms with Crippen LogP contribution in [0.5, 0.6) is 0 Å². The minimum Gasteiger partial charge on any atom is -0.364 e. The van der Waals surface area contributed by atoms with E-state index in [1.165, 1.54) is 6.07 Å². The van der Waals surface area contributed by atoms with Crippen molar-refractivity contribution < 1.29 is 9.18 Å². The zero-order valence-corrected chi connectivity index (χ0v) is 12.6. The first-order valence-corrected chi connectivity index (χ1v) is 7.15. The molecule has 1 aromatic carbocycles. The highest BCUT2D eigenvalue weighted by Gasteiger charge is 2.08. The highest BCUT2D eigenvalue weighted by Crippen LogP contribution is 2.09. The molecule has 2 rings (SSSR count). The molecule has 0 radical (unpaired) electrons. The van der Waals surface area contributed by atoms with Gasteiger partial charge < -0.3 is 10.6 Å². The lowest BCUT2D eigenvalue weighted by Crippen LogP contribution is -2.28. The Morgan fingerprint density at radius 2 is 1.95 bits per heavy atom. The van der Waals surface area contributed by atoms with Crippen LogP contribution in [-0.4, -0.2) is 22.6 Å². The molecule has 0 unspecified atom stereocenters. The molecule has 0 atom stereocenters. The average Bonchev–Trinajstić information content (AvgIpc) is 2.52. The summed E-state index contributed by atoms with van der Waals surface area (Å²) in [6.45, 7) is 4.93. The summed E-state index contributed by atoms with van der Waals surface area (Å²) in [4.78, 5) is 11.8. The topological polar surface area (TPSA) is 66.9 Å². The molecule has 0 bridgehead atoms. The van der Waals surface area contributed by atoms with E-state index in [1.807, 2.05) is 13.8 Å². The molecule has 6 heteroatoms. The summed E-state index contributed by atoms with van der Waals surface area (Å²) >= 11 is 0. The summed E-state index contributed by atoms with van der Waals surface area (Å²) in [7, 11) is 0. The number of hydrogen-bond donors (Lipinski definition) is 2. The van der Waals surface area contributed by atoms with E-state index in [-0.39, 0.29) is 17.4 Å². The smallest absolute Gasteiger partial charge is 0.271 e. The zero-order chi connectivity index (χ0) is 15.9. The molecule has 2 N–H and O–H groups in total. The molecule has 1 amide bonds. The molecule has 0 aliphatic carbocycles. The Morgan fingerprint density at radius 3 is 2.59 bits per heavy atom. The van der Waals surface area contributed by atoms with Crippen LogP contribution in [0.4, 0.5) is 10.2 Å². The normalized spacial score (nSPS) is 10.5. The fourth-order valence-corrected chi connectivity index (χ4v) is 1.76. The number of benzene rings is 1. The lowest BCUT2D eigenvalue weighted by molar-refractivity contribution is 0.0943. The highest BCUT2D eigenvalue weighted by molar-refractivity contribution is 5.92. The first-order chi connectivity index (χ1) is 10.6. The van der Waals surface area contributed by atoms with E-state index in [2.05, 4.69) is 20.8 Å². The van der Waals surface area contributed by atoms with Crippen molar-refractivity contribution in [2.75, 3.05) is 11.9 Å². The van der Waals surface area contributed by atoms with Gasteiger partial charge in [-0.1, -0.05) is 32.0 Å². The van der Waals surface area contributed by atoms with Crippen LogP contribution in [0, 0.1) is 11.7 Å². The summed E-state index contributed by atoms with van der Waals surface area (Å²) in [5.41, 5.74) is 0.806. The van der Waals surface area contributed by atoms with Crippen LogP contribution in [0.3, 0.4) is 0 Å². The monoisotopic (exact) mass is 302 g/mol. The van der Waals surface area contributed by atoms with Gasteiger partial charge >= 0.3 is 0 Å². The van der Waals surface area contributed by atoms with Crippen LogP contribution in [0.1, 0.15) is 29.9 Å². The van der Waals surface area contributed by atoms with Gasteiger partial charge in [0.2, 0.25) is 0 Å². The standard InChI is InChI=1S/C16H19FN4O/c1-11(2)9-19-16(22)14-7-8-15(21-20-14)18-10-12-5-3-4-6-13(12)17/h3-8,11H,9-10H2,1-2H3,(H,18,21)(H,19,22). The number of carbonyl (C=O) groups is 1. The molecule has 0 aliphatic heterocycles. The number of aromatic nitrogens is 2. The number of nitrogens with zero attached hydrogens (tertiary/aromatic N) is 2. The highest BCUT2D eigenvalue weighted by atomic mass is 19.1. The third kappa shape index (κ3) is 4.51. The van der Waals surface area contributed by atoms with E-state index in [0.717, 1.165) is 0 Å². The molecule has 116 valence electrons. The van der Waals surface area contributed by atoms with Gasteiger partial charge in [0.05, 0.1) is 0 Å². The molecule has 5 nitrogen and oxygen atoms in total. The number of rotatable bonds is 6. The number of nitrogens with one attached hydrogen (secondary N) is 2. The van der Waals surface area contributed by atoms with Gasteiger partial charge in [-0.2, -0.15) is 0 Å². The van der Waals surface area contributed by atoms with Crippen molar-refractivity contribution in [2.24, 2.45) is 5.92 Å². The fourth-order valence-electron chi connectivity index (χ4n) is 1.76. The number of hydrogen-bond acceptors (Lipinski definition) is 4. The second-order valence-corrected chi connectivity index (χ2v) is 5.35. The van der Waals surface area contributed by atoms with Crippen molar-refractivity contribution in [2.45, 2.75) is 20.4 Å². The van der Waals surface area contributed by atoms with Gasteiger partial charge in [0.25, 0.3) is 5.91 Å². The Bertz CT molecular complexity index is 628. The van der Waals surface area contributed by atoms with E-state index in [1.54, 1.807) is 30.3 Å². The van der Waals surface area contributed by atoms with Gasteiger partial charge in [0.1, 0.15) is 11.6 Å². The Kier molecular flexibility index (Phi) is 5.41. The van der Waals surface area contributed by atoms with Crippen LogP contribution in [0.25, 0.3) is 0 Å². The minimum absolute atomic E-state index is 0.248. The molecular weight excluding hydrogens is 283 g/mol. The van der Waals surface area contributed by atoms with Crippen LogP contribution < -0.4 is 10.6 Å². The van der Waals surface area contributed by atoms with E-state index >= 15 is 0 Å². The van der Waals surface area contributed by atoms with Crippen molar-refractivity contribution >= 4 is 11.7 Å². The fraction of sp³-hybridized carbons (Fsp3) is 0.312. The summed E-state index contributed by atoms with van der Waals surface area (Å²) in [5.74, 6) is 0.344. The Morgan fingerprint density at radius 1 is 1.18 bits per heavy atom. The van der Waals surface area contributed by atoms with Gasteiger partial charge in [-0.3, -0.25) is 4.79 Å². The molecule has 0 saturated carbocycles. The Labute approximate surface area is 129 Å². The van der Waals surface area contributed by atoms with Crippen LogP contribution in [0.15, 0.2) is 36.4 Å². The van der Waals surface area contributed by atoms with Crippen molar-refractivity contribution in [3.05, 3.63) is 53.5 Å². The second kappa shape index (κ2) is 7.49. The van der Waals surface area contributed by atoms with Gasteiger partial charge in [0, 0.05) is 18.7 Å². The third-order valence-corrected chi connectivity index (χ3v) is 2.99. The number of anilines is 1. The van der Waals surface area contributed by atoms with Crippen molar-refractivity contribution in [3.8, 4) is 0 Å². The lowest BCUT2D eigenvalue weighted by atomic mass is 10.2. The molecule has 0 saturated heterocycles.